The molecule has 0 unspecified atom stereocenters. The first-order valence-corrected chi connectivity index (χ1v) is 10.1. The molecule has 2 aromatic carbocycles. The molecular formula is C23H27N3O4. The summed E-state index contributed by atoms with van der Waals surface area (Å²) in [6, 6.07) is 12.9. The van der Waals surface area contributed by atoms with Gasteiger partial charge >= 0.3 is 0 Å². The van der Waals surface area contributed by atoms with E-state index >= 15 is 0 Å². The number of ether oxygens (including phenoxy) is 1. The lowest BCUT2D eigenvalue weighted by Gasteiger charge is -2.17. The number of benzene rings is 2. The predicted octanol–water partition coefficient (Wildman–Crippen LogP) is 2.67. The number of nitrogens with one attached hydrogen (secondary N) is 2. The van der Waals surface area contributed by atoms with Crippen LogP contribution < -0.4 is 20.3 Å². The highest BCUT2D eigenvalue weighted by molar-refractivity contribution is 6.00. The van der Waals surface area contributed by atoms with Gasteiger partial charge in [0.15, 0.2) is 6.61 Å². The van der Waals surface area contributed by atoms with Crippen molar-refractivity contribution in [2.45, 2.75) is 26.7 Å². The molecule has 0 saturated carbocycles. The topological polar surface area (TPSA) is 87.7 Å². The first kappa shape index (κ1) is 21.4. The van der Waals surface area contributed by atoms with Crippen molar-refractivity contribution >= 4 is 29.1 Å². The molecule has 2 aromatic rings. The predicted molar refractivity (Wildman–Crippen MR) is 116 cm³/mol. The molecule has 0 spiro atoms. The Labute approximate surface area is 176 Å². The molecule has 158 valence electrons. The molecule has 30 heavy (non-hydrogen) atoms. The fraction of sp³-hybridized carbons (Fsp3) is 0.348. The molecule has 0 aromatic heterocycles. The van der Waals surface area contributed by atoms with Crippen molar-refractivity contribution in [1.29, 1.82) is 0 Å². The third-order valence-corrected chi connectivity index (χ3v) is 5.26. The molecular weight excluding hydrogens is 382 g/mol. The lowest BCUT2D eigenvalue weighted by molar-refractivity contribution is -0.125. The number of hydrogen-bond donors (Lipinski definition) is 2. The van der Waals surface area contributed by atoms with Gasteiger partial charge in [-0.25, -0.2) is 0 Å². The maximum Gasteiger partial charge on any atom is 0.262 e. The lowest BCUT2D eigenvalue weighted by Crippen LogP contribution is -2.30. The van der Waals surface area contributed by atoms with Gasteiger partial charge in [-0.15, -0.1) is 0 Å². The minimum atomic E-state index is -0.337. The minimum Gasteiger partial charge on any atom is -0.484 e. The molecule has 1 aliphatic heterocycles. The van der Waals surface area contributed by atoms with Crippen molar-refractivity contribution in [3.63, 3.8) is 0 Å². The number of para-hydroxylation sites is 1. The largest absolute Gasteiger partial charge is 0.484 e. The van der Waals surface area contributed by atoms with Crippen molar-refractivity contribution < 1.29 is 19.1 Å². The SMILES string of the molecule is CCc1cccc(C)c1NC(=O)COc1ccc(N2C[C@@H](C(=O)NC)CC2=O)cc1. The van der Waals surface area contributed by atoms with Gasteiger partial charge in [0.25, 0.3) is 5.91 Å². The molecule has 1 atom stereocenters. The number of carbonyl (C=O) groups excluding carboxylic acids is 3. The minimum absolute atomic E-state index is 0.0818. The average Bonchev–Trinajstić information content (AvgIpc) is 3.15. The highest BCUT2D eigenvalue weighted by Crippen LogP contribution is 2.27. The van der Waals surface area contributed by atoms with Gasteiger partial charge in [0.1, 0.15) is 5.75 Å². The van der Waals surface area contributed by atoms with Crippen LogP contribution in [-0.2, 0) is 20.8 Å². The van der Waals surface area contributed by atoms with Crippen molar-refractivity contribution in [2.24, 2.45) is 5.92 Å². The first-order chi connectivity index (χ1) is 14.4. The molecule has 7 heteroatoms. The Kier molecular flexibility index (Phi) is 6.72. The lowest BCUT2D eigenvalue weighted by atomic mass is 10.1. The Morgan fingerprint density at radius 3 is 2.57 bits per heavy atom. The van der Waals surface area contributed by atoms with Crippen molar-refractivity contribution in [2.75, 3.05) is 30.4 Å². The normalized spacial score (nSPS) is 15.8. The van der Waals surface area contributed by atoms with Gasteiger partial charge in [0, 0.05) is 31.4 Å². The number of anilines is 2. The quantitative estimate of drug-likeness (QED) is 0.736. The Bertz CT molecular complexity index is 940. The van der Waals surface area contributed by atoms with Gasteiger partial charge in [-0.05, 0) is 48.7 Å². The van der Waals surface area contributed by atoms with E-state index in [1.165, 1.54) is 0 Å². The maximum atomic E-state index is 12.3. The summed E-state index contributed by atoms with van der Waals surface area (Å²) in [4.78, 5) is 37.9. The zero-order chi connectivity index (χ0) is 21.7. The van der Waals surface area contributed by atoms with Crippen molar-refractivity contribution in [1.82, 2.24) is 5.32 Å². The molecule has 0 aliphatic carbocycles. The van der Waals surface area contributed by atoms with Crippen LogP contribution in [0.5, 0.6) is 5.75 Å². The van der Waals surface area contributed by atoms with E-state index in [9.17, 15) is 14.4 Å². The van der Waals surface area contributed by atoms with Crippen molar-refractivity contribution in [3.8, 4) is 5.75 Å². The second-order valence-electron chi connectivity index (χ2n) is 7.31. The van der Waals surface area contributed by atoms with Crippen LogP contribution in [0.3, 0.4) is 0 Å². The summed E-state index contributed by atoms with van der Waals surface area (Å²) in [6.45, 7) is 4.25. The smallest absolute Gasteiger partial charge is 0.262 e. The monoisotopic (exact) mass is 409 g/mol. The third kappa shape index (κ3) is 4.79. The van der Waals surface area contributed by atoms with Crippen LogP contribution in [-0.4, -0.2) is 37.9 Å². The Morgan fingerprint density at radius 2 is 1.90 bits per heavy atom. The number of nitrogens with zero attached hydrogens (tertiary/aromatic N) is 1. The zero-order valence-corrected chi connectivity index (χ0v) is 17.5. The third-order valence-electron chi connectivity index (χ3n) is 5.26. The second kappa shape index (κ2) is 9.43. The zero-order valence-electron chi connectivity index (χ0n) is 17.5. The highest BCUT2D eigenvalue weighted by atomic mass is 16.5. The summed E-state index contributed by atoms with van der Waals surface area (Å²) >= 11 is 0. The number of amides is 3. The summed E-state index contributed by atoms with van der Waals surface area (Å²) in [6.07, 6.45) is 1.03. The summed E-state index contributed by atoms with van der Waals surface area (Å²) < 4.78 is 5.60. The van der Waals surface area contributed by atoms with Crippen molar-refractivity contribution in [3.05, 3.63) is 53.6 Å². The summed E-state index contributed by atoms with van der Waals surface area (Å²) in [7, 11) is 1.57. The molecule has 7 nitrogen and oxygen atoms in total. The van der Waals surface area contributed by atoms with E-state index in [1.54, 1.807) is 36.2 Å². The van der Waals surface area contributed by atoms with E-state index in [1.807, 2.05) is 32.0 Å². The van der Waals surface area contributed by atoms with Crippen LogP contribution in [0.15, 0.2) is 42.5 Å². The number of carbonyl (C=O) groups is 3. The standard InChI is InChI=1S/C23H27N3O4/c1-4-16-7-5-6-15(2)22(16)25-20(27)14-30-19-10-8-18(9-11-19)26-13-17(12-21(26)28)23(29)24-3/h5-11,17H,4,12-14H2,1-3H3,(H,24,29)(H,25,27)/t17-/m0/s1. The molecule has 1 aliphatic rings. The Balaban J connectivity index is 1.57. The number of rotatable bonds is 7. The molecule has 3 rings (SSSR count). The summed E-state index contributed by atoms with van der Waals surface area (Å²) in [5, 5.41) is 5.52. The van der Waals surface area contributed by atoms with Crippen LogP contribution in [0, 0.1) is 12.8 Å². The van der Waals surface area contributed by atoms with Gasteiger partial charge < -0.3 is 20.3 Å². The van der Waals surface area contributed by atoms with Gasteiger partial charge in [-0.2, -0.15) is 0 Å². The van der Waals surface area contributed by atoms with Gasteiger partial charge in [-0.3, -0.25) is 14.4 Å². The number of aryl methyl sites for hydroxylation is 2. The van der Waals surface area contributed by atoms with Crippen LogP contribution in [0.2, 0.25) is 0 Å². The maximum absolute atomic E-state index is 12.3. The van der Waals surface area contributed by atoms with E-state index in [2.05, 4.69) is 10.6 Å². The summed E-state index contributed by atoms with van der Waals surface area (Å²) in [5.41, 5.74) is 3.63. The van der Waals surface area contributed by atoms with Crippen LogP contribution in [0.1, 0.15) is 24.5 Å². The number of hydrogen-bond acceptors (Lipinski definition) is 4. The van der Waals surface area contributed by atoms with Crippen LogP contribution in [0.25, 0.3) is 0 Å². The van der Waals surface area contributed by atoms with Gasteiger partial charge in [-0.1, -0.05) is 25.1 Å². The fourth-order valence-corrected chi connectivity index (χ4v) is 3.59. The molecule has 0 bridgehead atoms. The van der Waals surface area contributed by atoms with Gasteiger partial charge in [0.05, 0.1) is 5.92 Å². The average molecular weight is 409 g/mol. The van der Waals surface area contributed by atoms with Crippen LogP contribution >= 0.6 is 0 Å². The van der Waals surface area contributed by atoms with E-state index in [4.69, 9.17) is 4.74 Å². The Morgan fingerprint density at radius 1 is 1.17 bits per heavy atom. The van der Waals surface area contributed by atoms with E-state index in [0.717, 1.165) is 23.2 Å². The molecule has 1 fully saturated rings. The first-order valence-electron chi connectivity index (χ1n) is 10.1. The van der Waals surface area contributed by atoms with E-state index < -0.39 is 0 Å². The fourth-order valence-electron chi connectivity index (χ4n) is 3.59. The summed E-state index contributed by atoms with van der Waals surface area (Å²) in [5.74, 6) is -0.245. The highest BCUT2D eigenvalue weighted by Gasteiger charge is 2.34. The molecule has 2 N–H and O–H groups in total. The second-order valence-corrected chi connectivity index (χ2v) is 7.31. The molecule has 1 heterocycles. The molecule has 0 radical (unpaired) electrons. The van der Waals surface area contributed by atoms with E-state index in [-0.39, 0.29) is 36.7 Å². The molecule has 3 amide bonds. The van der Waals surface area contributed by atoms with Crippen LogP contribution in [0.4, 0.5) is 11.4 Å². The molecule has 1 saturated heterocycles. The Hall–Kier alpha value is -3.35. The van der Waals surface area contributed by atoms with Gasteiger partial charge in [0.2, 0.25) is 11.8 Å². The van der Waals surface area contributed by atoms with E-state index in [0.29, 0.717) is 18.0 Å².